The van der Waals surface area contributed by atoms with E-state index in [1.807, 2.05) is 13.0 Å². The van der Waals surface area contributed by atoms with E-state index in [0.717, 1.165) is 23.9 Å². The van der Waals surface area contributed by atoms with Crippen molar-refractivity contribution in [3.8, 4) is 0 Å². The van der Waals surface area contributed by atoms with Crippen LogP contribution in [0.1, 0.15) is 50.4 Å². The molecule has 1 heterocycles. The minimum atomic E-state index is 0.485. The average molecular weight is 248 g/mol. The highest BCUT2D eigenvalue weighted by molar-refractivity contribution is 5.34. The van der Waals surface area contributed by atoms with Crippen LogP contribution in [0.2, 0.25) is 0 Å². The van der Waals surface area contributed by atoms with E-state index in [1.54, 1.807) is 0 Å². The van der Waals surface area contributed by atoms with Gasteiger partial charge in [-0.25, -0.2) is 9.97 Å². The number of hydrogen-bond donors (Lipinski definition) is 1. The number of rotatable bonds is 4. The molecule has 0 radical (unpaired) electrons. The second-order valence-corrected chi connectivity index (χ2v) is 5.08. The predicted octanol–water partition coefficient (Wildman–Crippen LogP) is 2.40. The Bertz CT molecular complexity index is 385. The fourth-order valence-electron chi connectivity index (χ4n) is 2.81. The van der Waals surface area contributed by atoms with Gasteiger partial charge in [0.1, 0.15) is 0 Å². The summed E-state index contributed by atoms with van der Waals surface area (Å²) in [5.41, 5.74) is 7.64. The third-order valence-corrected chi connectivity index (χ3v) is 3.72. The summed E-state index contributed by atoms with van der Waals surface area (Å²) in [7, 11) is 0. The largest absolute Gasteiger partial charge is 0.338 e. The highest BCUT2D eigenvalue weighted by Gasteiger charge is 2.22. The molecule has 2 rings (SSSR count). The molecule has 0 aromatic carbocycles. The van der Waals surface area contributed by atoms with Gasteiger partial charge in [0.05, 0.1) is 5.69 Å². The first-order valence-corrected chi connectivity index (χ1v) is 7.06. The van der Waals surface area contributed by atoms with Gasteiger partial charge in [-0.2, -0.15) is 0 Å². The van der Waals surface area contributed by atoms with Gasteiger partial charge >= 0.3 is 0 Å². The summed E-state index contributed by atoms with van der Waals surface area (Å²) in [6.07, 6.45) is 6.57. The molecule has 1 aliphatic rings. The van der Waals surface area contributed by atoms with E-state index < -0.39 is 0 Å². The van der Waals surface area contributed by atoms with Gasteiger partial charge < -0.3 is 10.6 Å². The van der Waals surface area contributed by atoms with Crippen LogP contribution in [0.5, 0.6) is 0 Å². The molecule has 1 aromatic rings. The fraction of sp³-hybridized carbons (Fsp3) is 0.714. The monoisotopic (exact) mass is 248 g/mol. The van der Waals surface area contributed by atoms with E-state index in [-0.39, 0.29) is 0 Å². The van der Waals surface area contributed by atoms with Gasteiger partial charge in [0.25, 0.3) is 0 Å². The molecule has 0 atom stereocenters. The van der Waals surface area contributed by atoms with E-state index >= 15 is 0 Å². The lowest BCUT2D eigenvalue weighted by Crippen LogP contribution is -2.38. The first-order chi connectivity index (χ1) is 8.74. The molecule has 0 unspecified atom stereocenters. The SMILES string of the molecule is CCN(c1nc(C)cc(CN)n1)C1CCCCC1. The maximum absolute atomic E-state index is 5.70. The molecule has 0 amide bonds. The Morgan fingerprint density at radius 1 is 1.28 bits per heavy atom. The molecule has 0 bridgehead atoms. The zero-order chi connectivity index (χ0) is 13.0. The number of aryl methyl sites for hydroxylation is 1. The summed E-state index contributed by atoms with van der Waals surface area (Å²) in [5, 5.41) is 0. The standard InChI is InChI=1S/C14H24N4/c1-3-18(13-7-5-4-6-8-13)14-16-11(2)9-12(10-15)17-14/h9,13H,3-8,10,15H2,1-2H3. The fourth-order valence-corrected chi connectivity index (χ4v) is 2.81. The Balaban J connectivity index is 2.22. The lowest BCUT2D eigenvalue weighted by atomic mass is 9.94. The highest BCUT2D eigenvalue weighted by atomic mass is 15.3. The van der Waals surface area contributed by atoms with Gasteiger partial charge in [-0.15, -0.1) is 0 Å². The predicted molar refractivity (Wildman–Crippen MR) is 74.6 cm³/mol. The first-order valence-electron chi connectivity index (χ1n) is 7.06. The van der Waals surface area contributed by atoms with Crippen molar-refractivity contribution in [2.45, 2.75) is 58.5 Å². The van der Waals surface area contributed by atoms with Gasteiger partial charge in [-0.05, 0) is 32.8 Å². The summed E-state index contributed by atoms with van der Waals surface area (Å²) in [5.74, 6) is 0.866. The highest BCUT2D eigenvalue weighted by Crippen LogP contribution is 2.25. The van der Waals surface area contributed by atoms with Gasteiger partial charge in [0.15, 0.2) is 0 Å². The van der Waals surface area contributed by atoms with Crippen molar-refractivity contribution >= 4 is 5.95 Å². The Hall–Kier alpha value is -1.16. The maximum atomic E-state index is 5.70. The normalized spacial score (nSPS) is 16.8. The van der Waals surface area contributed by atoms with Crippen LogP contribution in [0.15, 0.2) is 6.07 Å². The topological polar surface area (TPSA) is 55.0 Å². The van der Waals surface area contributed by atoms with Crippen molar-refractivity contribution < 1.29 is 0 Å². The van der Waals surface area contributed by atoms with Gasteiger partial charge in [0.2, 0.25) is 5.95 Å². The Kier molecular flexibility index (Phi) is 4.53. The summed E-state index contributed by atoms with van der Waals surface area (Å²) in [4.78, 5) is 11.5. The molecular formula is C14H24N4. The van der Waals surface area contributed by atoms with Crippen LogP contribution in [-0.4, -0.2) is 22.6 Å². The number of nitrogens with zero attached hydrogens (tertiary/aromatic N) is 3. The third-order valence-electron chi connectivity index (χ3n) is 3.72. The molecule has 4 nitrogen and oxygen atoms in total. The van der Waals surface area contributed by atoms with E-state index in [9.17, 15) is 0 Å². The number of nitrogens with two attached hydrogens (primary N) is 1. The van der Waals surface area contributed by atoms with Crippen molar-refractivity contribution in [1.82, 2.24) is 9.97 Å². The second kappa shape index (κ2) is 6.14. The van der Waals surface area contributed by atoms with Crippen molar-refractivity contribution in [1.29, 1.82) is 0 Å². The van der Waals surface area contributed by atoms with Gasteiger partial charge in [0, 0.05) is 24.8 Å². The van der Waals surface area contributed by atoms with Crippen LogP contribution < -0.4 is 10.6 Å². The van der Waals surface area contributed by atoms with E-state index in [4.69, 9.17) is 5.73 Å². The van der Waals surface area contributed by atoms with Gasteiger partial charge in [-0.1, -0.05) is 19.3 Å². The molecule has 1 aromatic heterocycles. The maximum Gasteiger partial charge on any atom is 0.226 e. The molecule has 4 heteroatoms. The number of anilines is 1. The van der Waals surface area contributed by atoms with Crippen molar-refractivity contribution in [3.63, 3.8) is 0 Å². The summed E-state index contributed by atoms with van der Waals surface area (Å²) >= 11 is 0. The van der Waals surface area contributed by atoms with E-state index in [0.29, 0.717) is 12.6 Å². The molecule has 18 heavy (non-hydrogen) atoms. The number of aromatic nitrogens is 2. The van der Waals surface area contributed by atoms with E-state index in [2.05, 4.69) is 21.8 Å². The van der Waals surface area contributed by atoms with Gasteiger partial charge in [-0.3, -0.25) is 0 Å². The first kappa shape index (κ1) is 13.3. The van der Waals surface area contributed by atoms with Crippen LogP contribution in [0.3, 0.4) is 0 Å². The lowest BCUT2D eigenvalue weighted by Gasteiger charge is -2.33. The van der Waals surface area contributed by atoms with Crippen LogP contribution in [0.4, 0.5) is 5.95 Å². The minimum absolute atomic E-state index is 0.485. The van der Waals surface area contributed by atoms with Crippen LogP contribution in [0.25, 0.3) is 0 Å². The lowest BCUT2D eigenvalue weighted by molar-refractivity contribution is 0.414. The molecular weight excluding hydrogens is 224 g/mol. The minimum Gasteiger partial charge on any atom is -0.338 e. The molecule has 0 saturated heterocycles. The third kappa shape index (κ3) is 2.99. The second-order valence-electron chi connectivity index (χ2n) is 5.08. The number of hydrogen-bond acceptors (Lipinski definition) is 4. The van der Waals surface area contributed by atoms with Crippen LogP contribution >= 0.6 is 0 Å². The average Bonchev–Trinajstić information content (AvgIpc) is 2.40. The Morgan fingerprint density at radius 3 is 2.61 bits per heavy atom. The zero-order valence-electron chi connectivity index (χ0n) is 11.5. The Morgan fingerprint density at radius 2 is 2.00 bits per heavy atom. The molecule has 1 saturated carbocycles. The van der Waals surface area contributed by atoms with Crippen molar-refractivity contribution in [2.24, 2.45) is 5.73 Å². The summed E-state index contributed by atoms with van der Waals surface area (Å²) < 4.78 is 0. The smallest absolute Gasteiger partial charge is 0.226 e. The van der Waals surface area contributed by atoms with Crippen LogP contribution in [0, 0.1) is 6.92 Å². The molecule has 0 aliphatic heterocycles. The molecule has 2 N–H and O–H groups in total. The molecule has 0 spiro atoms. The quantitative estimate of drug-likeness (QED) is 0.889. The van der Waals surface area contributed by atoms with Crippen molar-refractivity contribution in [3.05, 3.63) is 17.5 Å². The molecule has 100 valence electrons. The summed E-state index contributed by atoms with van der Waals surface area (Å²) in [6, 6.07) is 2.58. The van der Waals surface area contributed by atoms with Crippen LogP contribution in [-0.2, 0) is 6.54 Å². The Labute approximate surface area is 110 Å². The molecule has 1 aliphatic carbocycles. The summed E-state index contributed by atoms with van der Waals surface area (Å²) in [6.45, 7) is 5.65. The molecule has 1 fully saturated rings. The zero-order valence-corrected chi connectivity index (χ0v) is 11.5. The van der Waals surface area contributed by atoms with Crippen molar-refractivity contribution in [2.75, 3.05) is 11.4 Å². The van der Waals surface area contributed by atoms with E-state index in [1.165, 1.54) is 32.1 Å².